The van der Waals surface area contributed by atoms with Crippen molar-refractivity contribution >= 4 is 29.7 Å². The molecule has 1 aromatic rings. The van der Waals surface area contributed by atoms with Gasteiger partial charge in [0.05, 0.1) is 16.7 Å². The molecule has 5 amide bonds. The van der Waals surface area contributed by atoms with Gasteiger partial charge < -0.3 is 10.5 Å². The molecule has 1 aromatic carbocycles. The third kappa shape index (κ3) is 4.49. The first kappa shape index (κ1) is 20.1. The highest BCUT2D eigenvalue weighted by Crippen LogP contribution is 2.25. The molecule has 144 valence electrons. The molecule has 0 saturated carbocycles. The Hall–Kier alpha value is -3.23. The Morgan fingerprint density at radius 2 is 1.74 bits per heavy atom. The third-order valence-electron chi connectivity index (χ3n) is 4.04. The van der Waals surface area contributed by atoms with E-state index in [0.717, 1.165) is 4.90 Å². The Morgan fingerprint density at radius 3 is 2.33 bits per heavy atom. The van der Waals surface area contributed by atoms with Crippen molar-refractivity contribution in [2.24, 2.45) is 11.7 Å². The van der Waals surface area contributed by atoms with Crippen LogP contribution in [0.4, 0.5) is 4.79 Å². The zero-order chi connectivity index (χ0) is 20.3. The summed E-state index contributed by atoms with van der Waals surface area (Å²) in [6.07, 6.45) is -0.592. The third-order valence-corrected chi connectivity index (χ3v) is 4.04. The van der Waals surface area contributed by atoms with E-state index in [4.69, 9.17) is 10.5 Å². The molecule has 0 unspecified atom stereocenters. The summed E-state index contributed by atoms with van der Waals surface area (Å²) in [6.45, 7) is 5.55. The van der Waals surface area contributed by atoms with Crippen LogP contribution in [-0.4, -0.2) is 47.3 Å². The van der Waals surface area contributed by atoms with Gasteiger partial charge in [-0.2, -0.15) is 0 Å². The molecule has 1 aliphatic rings. The molecular formula is C18H21N3O6. The van der Waals surface area contributed by atoms with Crippen LogP contribution >= 0.6 is 0 Å². The maximum absolute atomic E-state index is 12.5. The number of hydrogen-bond acceptors (Lipinski definition) is 6. The average molecular weight is 375 g/mol. The number of nitrogens with zero attached hydrogens (tertiary/aromatic N) is 1. The van der Waals surface area contributed by atoms with E-state index < -0.39 is 35.8 Å². The van der Waals surface area contributed by atoms with E-state index in [1.165, 1.54) is 25.1 Å². The van der Waals surface area contributed by atoms with Crippen LogP contribution in [-0.2, 0) is 9.53 Å². The number of hydrogen-bond donors (Lipinski definition) is 2. The van der Waals surface area contributed by atoms with Crippen molar-refractivity contribution in [1.29, 1.82) is 0 Å². The number of amides is 5. The van der Waals surface area contributed by atoms with Gasteiger partial charge in [0.15, 0.2) is 6.10 Å². The van der Waals surface area contributed by atoms with Gasteiger partial charge in [-0.15, -0.1) is 0 Å². The van der Waals surface area contributed by atoms with Crippen molar-refractivity contribution in [3.8, 4) is 0 Å². The Balaban J connectivity index is 2.14. The minimum Gasteiger partial charge on any atom is -0.449 e. The van der Waals surface area contributed by atoms with Crippen LogP contribution in [0.2, 0.25) is 0 Å². The van der Waals surface area contributed by atoms with E-state index in [1.54, 1.807) is 5.32 Å². The van der Waals surface area contributed by atoms with Gasteiger partial charge >= 0.3 is 12.0 Å². The molecule has 0 fully saturated rings. The highest BCUT2D eigenvalue weighted by molar-refractivity contribution is 6.22. The quantitative estimate of drug-likeness (QED) is 0.564. The molecule has 2 rings (SSSR count). The summed E-state index contributed by atoms with van der Waals surface area (Å²) < 4.78 is 4.96. The second-order valence-corrected chi connectivity index (χ2v) is 6.61. The molecule has 27 heavy (non-hydrogen) atoms. The highest BCUT2D eigenvalue weighted by atomic mass is 16.5. The lowest BCUT2D eigenvalue weighted by atomic mass is 10.1. The number of primary amides is 1. The number of ether oxygens (including phenoxy) is 1. The molecule has 0 bridgehead atoms. The van der Waals surface area contributed by atoms with Gasteiger partial charge in [0.25, 0.3) is 17.7 Å². The maximum atomic E-state index is 12.5. The van der Waals surface area contributed by atoms with Crippen LogP contribution in [0, 0.1) is 5.92 Å². The number of nitrogens with two attached hydrogens (primary N) is 1. The SMILES string of the molecule is CC(C)CCN1C(=O)c2ccc(C(=O)O[C@@H](C)C(=O)NC(N)=O)cc2C1=O. The van der Waals surface area contributed by atoms with E-state index in [2.05, 4.69) is 0 Å². The number of carbonyl (C=O) groups excluding carboxylic acids is 5. The van der Waals surface area contributed by atoms with E-state index in [9.17, 15) is 24.0 Å². The number of imide groups is 2. The number of benzene rings is 1. The molecule has 1 heterocycles. The van der Waals surface area contributed by atoms with Crippen molar-refractivity contribution in [2.45, 2.75) is 33.3 Å². The number of urea groups is 1. The lowest BCUT2D eigenvalue weighted by Gasteiger charge is -2.14. The van der Waals surface area contributed by atoms with Crippen LogP contribution in [0.25, 0.3) is 0 Å². The normalized spacial score (nSPS) is 14.1. The van der Waals surface area contributed by atoms with Crippen molar-refractivity contribution < 1.29 is 28.7 Å². The number of fused-ring (bicyclic) bond motifs is 1. The predicted molar refractivity (Wildman–Crippen MR) is 93.9 cm³/mol. The Morgan fingerprint density at radius 1 is 1.11 bits per heavy atom. The topological polar surface area (TPSA) is 136 Å². The summed E-state index contributed by atoms with van der Waals surface area (Å²) in [5, 5.41) is 1.80. The van der Waals surface area contributed by atoms with Gasteiger partial charge in [0.1, 0.15) is 0 Å². The highest BCUT2D eigenvalue weighted by Gasteiger charge is 2.36. The van der Waals surface area contributed by atoms with E-state index >= 15 is 0 Å². The second-order valence-electron chi connectivity index (χ2n) is 6.61. The largest absolute Gasteiger partial charge is 0.449 e. The van der Waals surface area contributed by atoms with E-state index in [-0.39, 0.29) is 16.7 Å². The molecule has 1 atom stereocenters. The van der Waals surface area contributed by atoms with Crippen molar-refractivity contribution in [3.05, 3.63) is 34.9 Å². The molecule has 3 N–H and O–H groups in total. The van der Waals surface area contributed by atoms with Crippen molar-refractivity contribution in [3.63, 3.8) is 0 Å². The van der Waals surface area contributed by atoms with Crippen LogP contribution < -0.4 is 11.1 Å². The fraction of sp³-hybridized carbons (Fsp3) is 0.389. The fourth-order valence-electron chi connectivity index (χ4n) is 2.51. The van der Waals surface area contributed by atoms with E-state index in [1.807, 2.05) is 13.8 Å². The molecule has 9 nitrogen and oxygen atoms in total. The lowest BCUT2D eigenvalue weighted by molar-refractivity contribution is -0.127. The summed E-state index contributed by atoms with van der Waals surface area (Å²) in [5.74, 6) is -2.28. The van der Waals surface area contributed by atoms with Gasteiger partial charge in [-0.05, 0) is 37.5 Å². The molecular weight excluding hydrogens is 354 g/mol. The lowest BCUT2D eigenvalue weighted by Crippen LogP contribution is -2.42. The fourth-order valence-corrected chi connectivity index (χ4v) is 2.51. The zero-order valence-electron chi connectivity index (χ0n) is 15.3. The van der Waals surface area contributed by atoms with Crippen molar-refractivity contribution in [1.82, 2.24) is 10.2 Å². The summed E-state index contributed by atoms with van der Waals surface area (Å²) in [7, 11) is 0. The minimum absolute atomic E-state index is 0.0133. The summed E-state index contributed by atoms with van der Waals surface area (Å²) in [6, 6.07) is 2.93. The average Bonchev–Trinajstić information content (AvgIpc) is 2.82. The standard InChI is InChI=1S/C18H21N3O6/c1-9(2)6-7-21-15(23)12-5-4-11(8-13(12)16(21)24)17(25)27-10(3)14(22)20-18(19)26/h4-5,8-10H,6-7H2,1-3H3,(H3,19,20,22,26)/t10-/m0/s1. The molecule has 0 saturated heterocycles. The molecule has 0 aliphatic carbocycles. The van der Waals surface area contributed by atoms with Gasteiger partial charge in [-0.1, -0.05) is 13.8 Å². The Kier molecular flexibility index (Phi) is 5.94. The predicted octanol–water partition coefficient (Wildman–Crippen LogP) is 1.07. The molecule has 0 radical (unpaired) electrons. The summed E-state index contributed by atoms with van der Waals surface area (Å²) in [4.78, 5) is 60.4. The Labute approximate surface area is 155 Å². The molecule has 1 aliphatic heterocycles. The first-order valence-corrected chi connectivity index (χ1v) is 8.43. The number of esters is 1. The van der Waals surface area contributed by atoms with Crippen LogP contribution in [0.5, 0.6) is 0 Å². The van der Waals surface area contributed by atoms with Crippen molar-refractivity contribution in [2.75, 3.05) is 6.54 Å². The Bertz CT molecular complexity index is 817. The molecule has 0 spiro atoms. The van der Waals surface area contributed by atoms with Crippen LogP contribution in [0.15, 0.2) is 18.2 Å². The van der Waals surface area contributed by atoms with Gasteiger partial charge in [0, 0.05) is 6.54 Å². The van der Waals surface area contributed by atoms with E-state index in [0.29, 0.717) is 18.9 Å². The zero-order valence-corrected chi connectivity index (χ0v) is 15.3. The molecule has 0 aromatic heterocycles. The first-order valence-electron chi connectivity index (χ1n) is 8.43. The minimum atomic E-state index is -1.27. The smallest absolute Gasteiger partial charge is 0.338 e. The van der Waals surface area contributed by atoms with Gasteiger partial charge in [0.2, 0.25) is 0 Å². The van der Waals surface area contributed by atoms with Crippen LogP contribution in [0.1, 0.15) is 58.3 Å². The number of nitrogens with one attached hydrogen (secondary N) is 1. The summed E-state index contributed by atoms with van der Waals surface area (Å²) in [5.41, 5.74) is 5.19. The summed E-state index contributed by atoms with van der Waals surface area (Å²) >= 11 is 0. The number of carbonyl (C=O) groups is 5. The maximum Gasteiger partial charge on any atom is 0.338 e. The number of rotatable bonds is 6. The molecule has 9 heteroatoms. The van der Waals surface area contributed by atoms with Gasteiger partial charge in [-0.25, -0.2) is 9.59 Å². The van der Waals surface area contributed by atoms with Crippen LogP contribution in [0.3, 0.4) is 0 Å². The monoisotopic (exact) mass is 375 g/mol. The second kappa shape index (κ2) is 7.98. The first-order chi connectivity index (χ1) is 12.6. The van der Waals surface area contributed by atoms with Gasteiger partial charge in [-0.3, -0.25) is 24.6 Å².